The first-order valence-electron chi connectivity index (χ1n) is 5.37. The van der Waals surface area contributed by atoms with E-state index >= 15 is 0 Å². The predicted octanol–water partition coefficient (Wildman–Crippen LogP) is 2.53. The standard InChI is InChI=1S/C12H12Cl2N4/c13-9-3-2-8(10(14)7-9)6-11(18-15)12-16-4-1-5-17-12/h1-5,7,11,18H,6,15H2. The van der Waals surface area contributed by atoms with Crippen molar-refractivity contribution in [3.05, 3.63) is 58.1 Å². The van der Waals surface area contributed by atoms with Crippen LogP contribution in [0.1, 0.15) is 17.4 Å². The topological polar surface area (TPSA) is 63.8 Å². The van der Waals surface area contributed by atoms with Gasteiger partial charge in [-0.25, -0.2) is 15.4 Å². The van der Waals surface area contributed by atoms with E-state index in [1.54, 1.807) is 30.6 Å². The molecule has 18 heavy (non-hydrogen) atoms. The fourth-order valence-electron chi connectivity index (χ4n) is 1.62. The van der Waals surface area contributed by atoms with Crippen LogP contribution in [0.25, 0.3) is 0 Å². The molecule has 4 nitrogen and oxygen atoms in total. The molecule has 3 N–H and O–H groups in total. The molecular weight excluding hydrogens is 271 g/mol. The molecule has 1 heterocycles. The number of nitrogens with two attached hydrogens (primary N) is 1. The lowest BCUT2D eigenvalue weighted by molar-refractivity contribution is 0.522. The van der Waals surface area contributed by atoms with Gasteiger partial charge in [0.25, 0.3) is 0 Å². The van der Waals surface area contributed by atoms with Gasteiger partial charge in [0.1, 0.15) is 5.82 Å². The third kappa shape index (κ3) is 3.17. The van der Waals surface area contributed by atoms with E-state index in [1.165, 1.54) is 0 Å². The maximum atomic E-state index is 6.12. The van der Waals surface area contributed by atoms with Crippen LogP contribution in [0.15, 0.2) is 36.7 Å². The summed E-state index contributed by atoms with van der Waals surface area (Å²) in [5.41, 5.74) is 3.63. The highest BCUT2D eigenvalue weighted by Gasteiger charge is 2.14. The Balaban J connectivity index is 2.21. The Bertz CT molecular complexity index is 519. The first kappa shape index (κ1) is 13.2. The van der Waals surface area contributed by atoms with Crippen molar-refractivity contribution < 1.29 is 0 Å². The van der Waals surface area contributed by atoms with Crippen molar-refractivity contribution in [2.75, 3.05) is 0 Å². The first-order valence-corrected chi connectivity index (χ1v) is 6.13. The van der Waals surface area contributed by atoms with E-state index in [9.17, 15) is 0 Å². The van der Waals surface area contributed by atoms with Gasteiger partial charge >= 0.3 is 0 Å². The molecule has 0 aliphatic carbocycles. The molecule has 2 rings (SSSR count). The number of aromatic nitrogens is 2. The second-order valence-electron chi connectivity index (χ2n) is 3.77. The van der Waals surface area contributed by atoms with Crippen LogP contribution < -0.4 is 11.3 Å². The van der Waals surface area contributed by atoms with Gasteiger partial charge in [-0.3, -0.25) is 5.84 Å². The number of halogens is 2. The fraction of sp³-hybridized carbons (Fsp3) is 0.167. The summed E-state index contributed by atoms with van der Waals surface area (Å²) in [4.78, 5) is 8.34. The third-order valence-electron chi connectivity index (χ3n) is 2.54. The zero-order valence-corrected chi connectivity index (χ0v) is 11.0. The lowest BCUT2D eigenvalue weighted by atomic mass is 10.1. The van der Waals surface area contributed by atoms with E-state index < -0.39 is 0 Å². The Morgan fingerprint density at radius 3 is 2.56 bits per heavy atom. The van der Waals surface area contributed by atoms with Crippen LogP contribution in [0.4, 0.5) is 0 Å². The molecule has 1 aromatic carbocycles. The minimum Gasteiger partial charge on any atom is -0.271 e. The fourth-order valence-corrected chi connectivity index (χ4v) is 2.11. The minimum absolute atomic E-state index is 0.190. The summed E-state index contributed by atoms with van der Waals surface area (Å²) in [6.07, 6.45) is 3.95. The Hall–Kier alpha value is -1.20. The van der Waals surface area contributed by atoms with Crippen LogP contribution in [0, 0.1) is 0 Å². The highest BCUT2D eigenvalue weighted by molar-refractivity contribution is 6.35. The number of hydrazine groups is 1. The van der Waals surface area contributed by atoms with E-state index in [-0.39, 0.29) is 6.04 Å². The van der Waals surface area contributed by atoms with Gasteiger partial charge in [-0.1, -0.05) is 29.3 Å². The van der Waals surface area contributed by atoms with Crippen molar-refractivity contribution in [1.29, 1.82) is 0 Å². The molecular formula is C12H12Cl2N4. The summed E-state index contributed by atoms with van der Waals surface area (Å²) < 4.78 is 0. The number of rotatable bonds is 4. The van der Waals surface area contributed by atoms with Gasteiger partial charge in [0, 0.05) is 22.4 Å². The molecule has 0 radical (unpaired) electrons. The summed E-state index contributed by atoms with van der Waals surface area (Å²) in [6.45, 7) is 0. The smallest absolute Gasteiger partial charge is 0.146 e. The molecule has 2 aromatic rings. The molecule has 0 saturated carbocycles. The Morgan fingerprint density at radius 1 is 1.22 bits per heavy atom. The third-order valence-corrected chi connectivity index (χ3v) is 3.12. The second-order valence-corrected chi connectivity index (χ2v) is 4.61. The SMILES string of the molecule is NNC(Cc1ccc(Cl)cc1Cl)c1ncccn1. The zero-order valence-electron chi connectivity index (χ0n) is 9.48. The van der Waals surface area contributed by atoms with Crippen LogP contribution in [-0.4, -0.2) is 9.97 Å². The molecule has 0 bridgehead atoms. The normalized spacial score (nSPS) is 12.4. The van der Waals surface area contributed by atoms with E-state index in [4.69, 9.17) is 29.0 Å². The van der Waals surface area contributed by atoms with Gasteiger partial charge < -0.3 is 0 Å². The van der Waals surface area contributed by atoms with Gasteiger partial charge in [-0.2, -0.15) is 0 Å². The van der Waals surface area contributed by atoms with Crippen LogP contribution in [0.5, 0.6) is 0 Å². The van der Waals surface area contributed by atoms with Crippen LogP contribution in [0.2, 0.25) is 10.0 Å². The van der Waals surface area contributed by atoms with Gasteiger partial charge in [0.2, 0.25) is 0 Å². The van der Waals surface area contributed by atoms with Gasteiger partial charge in [-0.05, 0) is 30.2 Å². The van der Waals surface area contributed by atoms with Crippen molar-refractivity contribution in [2.24, 2.45) is 5.84 Å². The number of hydrogen-bond acceptors (Lipinski definition) is 4. The summed E-state index contributed by atoms with van der Waals surface area (Å²) in [5.74, 6) is 6.16. The summed E-state index contributed by atoms with van der Waals surface area (Å²) in [7, 11) is 0. The van der Waals surface area contributed by atoms with Crippen molar-refractivity contribution in [3.63, 3.8) is 0 Å². The maximum absolute atomic E-state index is 6.12. The quantitative estimate of drug-likeness (QED) is 0.668. The molecule has 0 saturated heterocycles. The molecule has 1 aromatic heterocycles. The minimum atomic E-state index is -0.190. The lowest BCUT2D eigenvalue weighted by Gasteiger charge is -2.15. The lowest BCUT2D eigenvalue weighted by Crippen LogP contribution is -2.31. The maximum Gasteiger partial charge on any atom is 0.146 e. The number of hydrogen-bond donors (Lipinski definition) is 2. The molecule has 0 aliphatic rings. The summed E-state index contributed by atoms with van der Waals surface area (Å²) in [6, 6.07) is 6.94. The molecule has 1 atom stereocenters. The van der Waals surface area contributed by atoms with E-state index in [2.05, 4.69) is 15.4 Å². The highest BCUT2D eigenvalue weighted by atomic mass is 35.5. The molecule has 0 spiro atoms. The van der Waals surface area contributed by atoms with Crippen molar-refractivity contribution in [3.8, 4) is 0 Å². The average Bonchev–Trinajstić information content (AvgIpc) is 2.39. The molecule has 0 amide bonds. The number of nitrogens with zero attached hydrogens (tertiary/aromatic N) is 2. The molecule has 94 valence electrons. The summed E-state index contributed by atoms with van der Waals surface area (Å²) >= 11 is 12.0. The monoisotopic (exact) mass is 282 g/mol. The van der Waals surface area contributed by atoms with Crippen LogP contribution in [0.3, 0.4) is 0 Å². The highest BCUT2D eigenvalue weighted by Crippen LogP contribution is 2.24. The number of benzene rings is 1. The second kappa shape index (κ2) is 6.11. The van der Waals surface area contributed by atoms with Gasteiger partial charge in [-0.15, -0.1) is 0 Å². The van der Waals surface area contributed by atoms with Crippen molar-refractivity contribution >= 4 is 23.2 Å². The van der Waals surface area contributed by atoms with E-state index in [0.717, 1.165) is 5.56 Å². The van der Waals surface area contributed by atoms with Gasteiger partial charge in [0.15, 0.2) is 0 Å². The summed E-state index contributed by atoms with van der Waals surface area (Å²) in [5, 5.41) is 1.22. The Kier molecular flexibility index (Phi) is 4.49. The largest absolute Gasteiger partial charge is 0.271 e. The molecule has 6 heteroatoms. The van der Waals surface area contributed by atoms with Crippen LogP contribution in [-0.2, 0) is 6.42 Å². The van der Waals surface area contributed by atoms with Gasteiger partial charge in [0.05, 0.1) is 6.04 Å². The molecule has 0 aliphatic heterocycles. The molecule has 0 fully saturated rings. The Morgan fingerprint density at radius 2 is 1.94 bits per heavy atom. The van der Waals surface area contributed by atoms with Crippen molar-refractivity contribution in [1.82, 2.24) is 15.4 Å². The predicted molar refractivity (Wildman–Crippen MR) is 72.3 cm³/mol. The van der Waals surface area contributed by atoms with E-state index in [1.807, 2.05) is 6.07 Å². The first-order chi connectivity index (χ1) is 8.70. The average molecular weight is 283 g/mol. The van der Waals surface area contributed by atoms with Crippen LogP contribution >= 0.6 is 23.2 Å². The van der Waals surface area contributed by atoms with Crippen molar-refractivity contribution in [2.45, 2.75) is 12.5 Å². The number of nitrogens with one attached hydrogen (secondary N) is 1. The Labute approximate surface area is 115 Å². The van der Waals surface area contributed by atoms with E-state index in [0.29, 0.717) is 22.3 Å². The zero-order chi connectivity index (χ0) is 13.0. The molecule has 1 unspecified atom stereocenters.